The molecule has 1 aromatic heterocycles. The molecule has 24 heavy (non-hydrogen) atoms. The number of ether oxygens (including phenoxy) is 1. The second kappa shape index (κ2) is 7.46. The van der Waals surface area contributed by atoms with Crippen LogP contribution in [0.3, 0.4) is 0 Å². The van der Waals surface area contributed by atoms with Crippen molar-refractivity contribution in [1.29, 1.82) is 0 Å². The Hall–Kier alpha value is -3.08. The van der Waals surface area contributed by atoms with E-state index in [1.807, 2.05) is 59.5 Å². The van der Waals surface area contributed by atoms with E-state index >= 15 is 0 Å². The quantitative estimate of drug-likeness (QED) is 0.759. The van der Waals surface area contributed by atoms with Crippen molar-refractivity contribution in [3.8, 4) is 16.9 Å². The SMILES string of the molecule is COc1ccccc1C(=O)NCCn1cc(-c2ccccc2)cn1. The molecule has 0 fully saturated rings. The Morgan fingerprint density at radius 2 is 1.83 bits per heavy atom. The largest absolute Gasteiger partial charge is 0.496 e. The number of carbonyl (C=O) groups excluding carboxylic acids is 1. The van der Waals surface area contributed by atoms with Gasteiger partial charge in [-0.1, -0.05) is 42.5 Å². The smallest absolute Gasteiger partial charge is 0.255 e. The molecule has 1 N–H and O–H groups in total. The molecule has 0 radical (unpaired) electrons. The number of para-hydroxylation sites is 1. The molecular weight excluding hydrogens is 302 g/mol. The van der Waals surface area contributed by atoms with Gasteiger partial charge in [-0.05, 0) is 17.7 Å². The van der Waals surface area contributed by atoms with Crippen LogP contribution in [0.15, 0.2) is 67.0 Å². The number of hydrogen-bond donors (Lipinski definition) is 1. The highest BCUT2D eigenvalue weighted by atomic mass is 16.5. The first-order valence-electron chi connectivity index (χ1n) is 7.77. The lowest BCUT2D eigenvalue weighted by molar-refractivity contribution is 0.0949. The monoisotopic (exact) mass is 321 g/mol. The molecule has 122 valence electrons. The molecule has 0 atom stereocenters. The predicted octanol–water partition coefficient (Wildman–Crippen LogP) is 2.99. The minimum Gasteiger partial charge on any atom is -0.496 e. The third kappa shape index (κ3) is 3.63. The van der Waals surface area contributed by atoms with Gasteiger partial charge in [0.2, 0.25) is 0 Å². The molecule has 0 saturated carbocycles. The Morgan fingerprint density at radius 1 is 1.08 bits per heavy atom. The topological polar surface area (TPSA) is 56.1 Å². The summed E-state index contributed by atoms with van der Waals surface area (Å²) in [6, 6.07) is 17.3. The van der Waals surface area contributed by atoms with Gasteiger partial charge in [0.1, 0.15) is 5.75 Å². The van der Waals surface area contributed by atoms with Crippen LogP contribution in [0.25, 0.3) is 11.1 Å². The van der Waals surface area contributed by atoms with Crippen LogP contribution in [0, 0.1) is 0 Å². The molecule has 0 spiro atoms. The molecule has 0 unspecified atom stereocenters. The minimum atomic E-state index is -0.150. The maximum absolute atomic E-state index is 12.2. The fourth-order valence-corrected chi connectivity index (χ4v) is 2.48. The van der Waals surface area contributed by atoms with E-state index in [2.05, 4.69) is 10.4 Å². The third-order valence-electron chi connectivity index (χ3n) is 3.72. The van der Waals surface area contributed by atoms with Crippen molar-refractivity contribution in [3.63, 3.8) is 0 Å². The second-order valence-electron chi connectivity index (χ2n) is 5.31. The van der Waals surface area contributed by atoms with Gasteiger partial charge in [0.25, 0.3) is 5.91 Å². The zero-order chi connectivity index (χ0) is 16.8. The van der Waals surface area contributed by atoms with Crippen LogP contribution in [0.5, 0.6) is 5.75 Å². The molecule has 1 heterocycles. The van der Waals surface area contributed by atoms with E-state index in [9.17, 15) is 4.79 Å². The van der Waals surface area contributed by atoms with Crippen molar-refractivity contribution in [2.75, 3.05) is 13.7 Å². The number of nitrogens with zero attached hydrogens (tertiary/aromatic N) is 2. The standard InChI is InChI=1S/C19H19N3O2/c1-24-18-10-6-5-9-17(18)19(23)20-11-12-22-14-16(13-21-22)15-7-3-2-4-8-15/h2-10,13-14H,11-12H2,1H3,(H,20,23). The minimum absolute atomic E-state index is 0.150. The summed E-state index contributed by atoms with van der Waals surface area (Å²) in [7, 11) is 1.56. The van der Waals surface area contributed by atoms with Crippen LogP contribution in [0.2, 0.25) is 0 Å². The number of nitrogens with one attached hydrogen (secondary N) is 1. The first kappa shape index (κ1) is 15.8. The van der Waals surface area contributed by atoms with Crippen molar-refractivity contribution < 1.29 is 9.53 Å². The average Bonchev–Trinajstić information content (AvgIpc) is 3.11. The number of hydrogen-bond acceptors (Lipinski definition) is 3. The molecule has 0 bridgehead atoms. The lowest BCUT2D eigenvalue weighted by atomic mass is 10.1. The number of amides is 1. The van der Waals surface area contributed by atoms with Crippen LogP contribution in [-0.2, 0) is 6.54 Å². The van der Waals surface area contributed by atoms with Gasteiger partial charge in [0.15, 0.2) is 0 Å². The van der Waals surface area contributed by atoms with Crippen molar-refractivity contribution in [1.82, 2.24) is 15.1 Å². The fraction of sp³-hybridized carbons (Fsp3) is 0.158. The van der Waals surface area contributed by atoms with E-state index in [0.29, 0.717) is 24.4 Å². The number of rotatable bonds is 6. The van der Waals surface area contributed by atoms with Crippen molar-refractivity contribution >= 4 is 5.91 Å². The summed E-state index contributed by atoms with van der Waals surface area (Å²) in [6.07, 6.45) is 3.81. The van der Waals surface area contributed by atoms with Crippen molar-refractivity contribution in [2.24, 2.45) is 0 Å². The maximum atomic E-state index is 12.2. The zero-order valence-corrected chi connectivity index (χ0v) is 13.5. The van der Waals surface area contributed by atoms with Crippen molar-refractivity contribution in [3.05, 3.63) is 72.6 Å². The maximum Gasteiger partial charge on any atom is 0.255 e. The Balaban J connectivity index is 1.57. The first-order chi connectivity index (χ1) is 11.8. The van der Waals surface area contributed by atoms with Gasteiger partial charge in [0, 0.05) is 18.3 Å². The van der Waals surface area contributed by atoms with Crippen LogP contribution < -0.4 is 10.1 Å². The number of carbonyl (C=O) groups is 1. The van der Waals surface area contributed by atoms with Gasteiger partial charge in [-0.15, -0.1) is 0 Å². The van der Waals surface area contributed by atoms with Crippen LogP contribution in [-0.4, -0.2) is 29.3 Å². The average molecular weight is 321 g/mol. The Kier molecular flexibility index (Phi) is 4.91. The van der Waals surface area contributed by atoms with E-state index in [4.69, 9.17) is 4.74 Å². The van der Waals surface area contributed by atoms with Crippen LogP contribution in [0.1, 0.15) is 10.4 Å². The molecule has 3 rings (SSSR count). The van der Waals surface area contributed by atoms with Gasteiger partial charge >= 0.3 is 0 Å². The zero-order valence-electron chi connectivity index (χ0n) is 13.5. The molecule has 3 aromatic rings. The van der Waals surface area contributed by atoms with Gasteiger partial charge in [-0.3, -0.25) is 9.48 Å². The predicted molar refractivity (Wildman–Crippen MR) is 93.0 cm³/mol. The molecular formula is C19H19N3O2. The first-order valence-corrected chi connectivity index (χ1v) is 7.77. The molecule has 0 aliphatic rings. The summed E-state index contributed by atoms with van der Waals surface area (Å²) in [5.41, 5.74) is 2.72. The number of methoxy groups -OCH3 is 1. The Labute approximate surface area is 140 Å². The number of aromatic nitrogens is 2. The Morgan fingerprint density at radius 3 is 2.62 bits per heavy atom. The van der Waals surface area contributed by atoms with Gasteiger partial charge in [-0.25, -0.2) is 0 Å². The highest BCUT2D eigenvalue weighted by Gasteiger charge is 2.10. The van der Waals surface area contributed by atoms with Crippen LogP contribution >= 0.6 is 0 Å². The molecule has 5 heteroatoms. The summed E-state index contributed by atoms with van der Waals surface area (Å²) < 4.78 is 7.03. The summed E-state index contributed by atoms with van der Waals surface area (Å²) >= 11 is 0. The molecule has 0 aliphatic carbocycles. The lowest BCUT2D eigenvalue weighted by Gasteiger charge is -2.09. The van der Waals surface area contributed by atoms with E-state index < -0.39 is 0 Å². The van der Waals surface area contributed by atoms with Gasteiger partial charge < -0.3 is 10.1 Å². The summed E-state index contributed by atoms with van der Waals surface area (Å²) in [5, 5.41) is 7.23. The van der Waals surface area contributed by atoms with E-state index in [1.165, 1.54) is 0 Å². The van der Waals surface area contributed by atoms with E-state index in [0.717, 1.165) is 11.1 Å². The van der Waals surface area contributed by atoms with E-state index in [-0.39, 0.29) is 5.91 Å². The number of benzene rings is 2. The highest BCUT2D eigenvalue weighted by molar-refractivity contribution is 5.96. The summed E-state index contributed by atoms with van der Waals surface area (Å²) in [5.74, 6) is 0.420. The molecule has 2 aromatic carbocycles. The molecule has 0 aliphatic heterocycles. The normalized spacial score (nSPS) is 10.4. The van der Waals surface area contributed by atoms with Gasteiger partial charge in [0.05, 0.1) is 25.4 Å². The Bertz CT molecular complexity index is 812. The molecule has 5 nitrogen and oxygen atoms in total. The molecule has 0 saturated heterocycles. The second-order valence-corrected chi connectivity index (χ2v) is 5.31. The fourth-order valence-electron chi connectivity index (χ4n) is 2.48. The van der Waals surface area contributed by atoms with Crippen LogP contribution in [0.4, 0.5) is 0 Å². The summed E-state index contributed by atoms with van der Waals surface area (Å²) in [4.78, 5) is 12.2. The lowest BCUT2D eigenvalue weighted by Crippen LogP contribution is -2.27. The van der Waals surface area contributed by atoms with E-state index in [1.54, 1.807) is 19.2 Å². The molecule has 1 amide bonds. The highest BCUT2D eigenvalue weighted by Crippen LogP contribution is 2.18. The van der Waals surface area contributed by atoms with Crippen molar-refractivity contribution in [2.45, 2.75) is 6.54 Å². The third-order valence-corrected chi connectivity index (χ3v) is 3.72. The summed E-state index contributed by atoms with van der Waals surface area (Å²) in [6.45, 7) is 1.10. The van der Waals surface area contributed by atoms with Gasteiger partial charge in [-0.2, -0.15) is 5.10 Å².